The molecule has 0 atom stereocenters. The molecule has 1 N–H and O–H groups in total. The Bertz CT molecular complexity index is 1140. The van der Waals surface area contributed by atoms with E-state index in [1.807, 2.05) is 4.57 Å². The van der Waals surface area contributed by atoms with Crippen molar-refractivity contribution in [3.8, 4) is 11.4 Å². The molecule has 0 radical (unpaired) electrons. The van der Waals surface area contributed by atoms with E-state index in [-0.39, 0.29) is 39.9 Å². The lowest BCUT2D eigenvalue weighted by atomic mass is 10.2. The fraction of sp³-hybridized carbons (Fsp3) is 0.211. The van der Waals surface area contributed by atoms with Gasteiger partial charge in [0.25, 0.3) is 5.69 Å². The number of aromatic nitrogens is 3. The number of nitro benzene ring substituents is 1. The van der Waals surface area contributed by atoms with Gasteiger partial charge >= 0.3 is 0 Å². The van der Waals surface area contributed by atoms with Crippen LogP contribution in [0.15, 0.2) is 47.6 Å². The second kappa shape index (κ2) is 8.41. The smallest absolute Gasteiger partial charge is 0.289 e. The largest absolute Gasteiger partial charge is 0.325 e. The van der Waals surface area contributed by atoms with E-state index < -0.39 is 4.92 Å². The van der Waals surface area contributed by atoms with E-state index in [1.165, 1.54) is 36.0 Å². The lowest BCUT2D eigenvalue weighted by Gasteiger charge is -2.09. The summed E-state index contributed by atoms with van der Waals surface area (Å²) in [4.78, 5) is 22.7. The number of carbonyl (C=O) groups excluding carboxylic acids is 1. The van der Waals surface area contributed by atoms with Crippen LogP contribution in [-0.4, -0.2) is 31.3 Å². The fourth-order valence-electron chi connectivity index (χ4n) is 2.92. The molecule has 1 amide bonds. The number of nitro groups is 1. The van der Waals surface area contributed by atoms with Crippen molar-refractivity contribution in [3.63, 3.8) is 0 Å². The SMILES string of the molecule is O=C(CSc1nnc(-c2ccccc2F)n1C1CC1)Nc1ccc(Cl)c([N+](=O)[O-])c1. The van der Waals surface area contributed by atoms with Gasteiger partial charge in [-0.1, -0.05) is 35.5 Å². The molecular formula is C19H15ClFN5O3S. The average Bonchev–Trinajstić information content (AvgIpc) is 3.47. The predicted octanol–water partition coefficient (Wildman–Crippen LogP) is 4.71. The van der Waals surface area contributed by atoms with Crippen molar-refractivity contribution in [1.82, 2.24) is 14.8 Å². The fourth-order valence-corrected chi connectivity index (χ4v) is 3.91. The summed E-state index contributed by atoms with van der Waals surface area (Å²) in [5.41, 5.74) is 0.346. The molecule has 0 spiro atoms. The molecule has 8 nitrogen and oxygen atoms in total. The average molecular weight is 448 g/mol. The molecule has 4 rings (SSSR count). The Hall–Kier alpha value is -2.98. The molecule has 30 heavy (non-hydrogen) atoms. The van der Waals surface area contributed by atoms with Gasteiger partial charge in [0.2, 0.25) is 5.91 Å². The van der Waals surface area contributed by atoms with Crippen molar-refractivity contribution >= 4 is 40.6 Å². The first kappa shape index (κ1) is 20.3. The Balaban J connectivity index is 1.48. The van der Waals surface area contributed by atoms with E-state index in [9.17, 15) is 19.3 Å². The molecule has 1 heterocycles. The first-order valence-corrected chi connectivity index (χ1v) is 10.4. The number of nitrogens with zero attached hydrogens (tertiary/aromatic N) is 4. The van der Waals surface area contributed by atoms with E-state index in [1.54, 1.807) is 18.2 Å². The summed E-state index contributed by atoms with van der Waals surface area (Å²) in [6, 6.07) is 10.6. The summed E-state index contributed by atoms with van der Waals surface area (Å²) >= 11 is 6.96. The standard InChI is InChI=1S/C19H15ClFN5O3S/c20-14-8-5-11(9-16(14)26(28)29)22-17(27)10-30-19-24-23-18(25(19)12-6-7-12)13-3-1-2-4-15(13)21/h1-5,8-9,12H,6-7,10H2,(H,22,27). The quantitative estimate of drug-likeness (QED) is 0.319. The zero-order valence-corrected chi connectivity index (χ0v) is 17.0. The Kier molecular flexibility index (Phi) is 5.69. The minimum Gasteiger partial charge on any atom is -0.325 e. The van der Waals surface area contributed by atoms with Gasteiger partial charge in [0.15, 0.2) is 11.0 Å². The Labute approximate surface area is 179 Å². The van der Waals surface area contributed by atoms with Crippen LogP contribution in [0, 0.1) is 15.9 Å². The van der Waals surface area contributed by atoms with Crippen molar-refractivity contribution in [3.05, 3.63) is 63.4 Å². The van der Waals surface area contributed by atoms with Gasteiger partial charge in [0.1, 0.15) is 10.8 Å². The van der Waals surface area contributed by atoms with Crippen molar-refractivity contribution < 1.29 is 14.1 Å². The van der Waals surface area contributed by atoms with Crippen LogP contribution >= 0.6 is 23.4 Å². The van der Waals surface area contributed by atoms with Crippen LogP contribution in [0.3, 0.4) is 0 Å². The lowest BCUT2D eigenvalue weighted by molar-refractivity contribution is -0.384. The van der Waals surface area contributed by atoms with E-state index >= 15 is 0 Å². The first-order valence-electron chi connectivity index (χ1n) is 9.00. The topological polar surface area (TPSA) is 103 Å². The minimum absolute atomic E-state index is 0.00872. The summed E-state index contributed by atoms with van der Waals surface area (Å²) < 4.78 is 16.1. The normalized spacial score (nSPS) is 13.3. The predicted molar refractivity (Wildman–Crippen MR) is 111 cm³/mol. The molecule has 1 aliphatic rings. The number of carbonyl (C=O) groups is 1. The molecule has 1 fully saturated rings. The number of thioether (sulfide) groups is 1. The summed E-state index contributed by atoms with van der Waals surface area (Å²) in [7, 11) is 0. The van der Waals surface area contributed by atoms with Crippen LogP contribution in [0.25, 0.3) is 11.4 Å². The molecule has 1 saturated carbocycles. The highest BCUT2D eigenvalue weighted by molar-refractivity contribution is 7.99. The van der Waals surface area contributed by atoms with E-state index in [4.69, 9.17) is 11.6 Å². The molecule has 0 saturated heterocycles. The summed E-state index contributed by atoms with van der Waals surface area (Å²) in [6.45, 7) is 0. The van der Waals surface area contributed by atoms with Gasteiger partial charge in [-0.15, -0.1) is 10.2 Å². The molecule has 1 aliphatic carbocycles. The van der Waals surface area contributed by atoms with Crippen molar-refractivity contribution in [2.75, 3.05) is 11.1 Å². The number of hydrogen-bond acceptors (Lipinski definition) is 6. The van der Waals surface area contributed by atoms with Gasteiger partial charge in [-0.25, -0.2) is 4.39 Å². The third-order valence-corrected chi connectivity index (χ3v) is 5.71. The molecule has 0 bridgehead atoms. The maximum Gasteiger partial charge on any atom is 0.289 e. The second-order valence-corrected chi connectivity index (χ2v) is 8.00. The summed E-state index contributed by atoms with van der Waals surface area (Å²) in [5, 5.41) is 22.4. The van der Waals surface area contributed by atoms with E-state index in [0.29, 0.717) is 16.5 Å². The van der Waals surface area contributed by atoms with Gasteiger partial charge < -0.3 is 5.32 Å². The second-order valence-electron chi connectivity index (χ2n) is 6.65. The first-order chi connectivity index (χ1) is 14.4. The molecule has 0 aliphatic heterocycles. The van der Waals surface area contributed by atoms with Crippen LogP contribution in [-0.2, 0) is 4.79 Å². The van der Waals surface area contributed by atoms with Gasteiger partial charge in [0.05, 0.1) is 16.2 Å². The Morgan fingerprint density at radius 3 is 2.77 bits per heavy atom. The number of halogens is 2. The lowest BCUT2D eigenvalue weighted by Crippen LogP contribution is -2.14. The Morgan fingerprint density at radius 1 is 1.30 bits per heavy atom. The van der Waals surface area contributed by atoms with E-state index in [2.05, 4.69) is 15.5 Å². The molecule has 0 unspecified atom stereocenters. The van der Waals surface area contributed by atoms with Crippen LogP contribution in [0.4, 0.5) is 15.8 Å². The zero-order chi connectivity index (χ0) is 21.3. The highest BCUT2D eigenvalue weighted by Gasteiger charge is 2.31. The van der Waals surface area contributed by atoms with Crippen LogP contribution in [0.5, 0.6) is 0 Å². The molecular weight excluding hydrogens is 433 g/mol. The monoisotopic (exact) mass is 447 g/mol. The van der Waals surface area contributed by atoms with Gasteiger partial charge in [-0.3, -0.25) is 19.5 Å². The molecule has 154 valence electrons. The number of anilines is 1. The van der Waals surface area contributed by atoms with Crippen molar-refractivity contribution in [1.29, 1.82) is 0 Å². The number of nitrogens with one attached hydrogen (secondary N) is 1. The summed E-state index contributed by atoms with van der Waals surface area (Å²) in [6.07, 6.45) is 1.88. The van der Waals surface area contributed by atoms with Crippen molar-refractivity contribution in [2.24, 2.45) is 0 Å². The van der Waals surface area contributed by atoms with E-state index in [0.717, 1.165) is 12.8 Å². The molecule has 3 aromatic rings. The van der Waals surface area contributed by atoms with Gasteiger partial charge in [0, 0.05) is 17.8 Å². The third kappa shape index (κ3) is 4.29. The zero-order valence-electron chi connectivity index (χ0n) is 15.4. The third-order valence-electron chi connectivity index (χ3n) is 4.45. The number of hydrogen-bond donors (Lipinski definition) is 1. The van der Waals surface area contributed by atoms with Crippen LogP contribution in [0.2, 0.25) is 5.02 Å². The summed E-state index contributed by atoms with van der Waals surface area (Å²) in [5.74, 6) is -0.301. The maximum atomic E-state index is 14.2. The Morgan fingerprint density at radius 2 is 2.07 bits per heavy atom. The molecule has 1 aromatic heterocycles. The van der Waals surface area contributed by atoms with Gasteiger partial charge in [-0.05, 0) is 37.1 Å². The minimum atomic E-state index is -0.616. The number of benzene rings is 2. The number of rotatable bonds is 7. The highest BCUT2D eigenvalue weighted by atomic mass is 35.5. The maximum absolute atomic E-state index is 14.2. The van der Waals surface area contributed by atoms with Crippen molar-refractivity contribution in [2.45, 2.75) is 24.0 Å². The molecule has 11 heteroatoms. The molecule has 2 aromatic carbocycles. The highest BCUT2D eigenvalue weighted by Crippen LogP contribution is 2.41. The van der Waals surface area contributed by atoms with Crippen LogP contribution in [0.1, 0.15) is 18.9 Å². The van der Waals surface area contributed by atoms with Gasteiger partial charge in [-0.2, -0.15) is 0 Å². The van der Waals surface area contributed by atoms with Crippen LogP contribution < -0.4 is 5.32 Å². The number of amides is 1.